The van der Waals surface area contributed by atoms with Crippen molar-refractivity contribution in [2.24, 2.45) is 0 Å². The fourth-order valence-corrected chi connectivity index (χ4v) is 2.54. The Kier molecular flexibility index (Phi) is 1.94. The number of halogens is 1. The highest BCUT2D eigenvalue weighted by molar-refractivity contribution is 9.10. The Bertz CT molecular complexity index is 559. The second kappa shape index (κ2) is 3.18. The summed E-state index contributed by atoms with van der Waals surface area (Å²) in [7, 11) is 0. The van der Waals surface area contributed by atoms with Gasteiger partial charge in [0.15, 0.2) is 5.78 Å². The second-order valence-electron chi connectivity index (χ2n) is 3.67. The van der Waals surface area contributed by atoms with Gasteiger partial charge in [-0.15, -0.1) is 0 Å². The van der Waals surface area contributed by atoms with E-state index in [4.69, 9.17) is 0 Å². The first-order chi connectivity index (χ1) is 7.27. The molecule has 2 aromatic rings. The summed E-state index contributed by atoms with van der Waals surface area (Å²) in [5, 5.41) is 4.09. The average Bonchev–Trinajstić information content (AvgIpc) is 2.59. The molecule has 2 heterocycles. The monoisotopic (exact) mass is 264 g/mol. The Balaban J connectivity index is 2.41. The Labute approximate surface area is 95.0 Å². The van der Waals surface area contributed by atoms with Crippen LogP contribution in [0.15, 0.2) is 22.7 Å². The molecule has 3 rings (SSSR count). The summed E-state index contributed by atoms with van der Waals surface area (Å²) in [6.07, 6.45) is 0. The molecule has 0 saturated heterocycles. The first-order valence-corrected chi connectivity index (χ1v) is 5.59. The van der Waals surface area contributed by atoms with Crippen LogP contribution in [0.4, 0.5) is 0 Å². The smallest absolute Gasteiger partial charge is 0.179 e. The van der Waals surface area contributed by atoms with Crippen molar-refractivity contribution in [3.63, 3.8) is 0 Å². The highest BCUT2D eigenvalue weighted by Gasteiger charge is 2.22. The number of H-pyrrole nitrogens is 1. The largest absolute Gasteiger partial charge is 0.356 e. The molecule has 4 heteroatoms. The fraction of sp³-hybridized carbons (Fsp3) is 0.182. The summed E-state index contributed by atoms with van der Waals surface area (Å²) < 4.78 is 1.00. The summed E-state index contributed by atoms with van der Waals surface area (Å²) >= 11 is 3.48. The van der Waals surface area contributed by atoms with Gasteiger partial charge in [-0.05, 0) is 22.0 Å². The third-order valence-electron chi connectivity index (χ3n) is 2.73. The van der Waals surface area contributed by atoms with Gasteiger partial charge >= 0.3 is 0 Å². The highest BCUT2D eigenvalue weighted by atomic mass is 79.9. The number of Topliss-reactive ketones (excluding diaryl/α,β-unsaturated/α-hetero) is 1. The SMILES string of the molecule is O=C1CNCc2[nH]c3c(Br)cccc3c21. The van der Waals surface area contributed by atoms with Crippen LogP contribution >= 0.6 is 15.9 Å². The summed E-state index contributed by atoms with van der Waals surface area (Å²) in [6, 6.07) is 5.91. The van der Waals surface area contributed by atoms with Crippen molar-refractivity contribution in [3.8, 4) is 0 Å². The van der Waals surface area contributed by atoms with Gasteiger partial charge in [0.25, 0.3) is 0 Å². The van der Waals surface area contributed by atoms with Crippen molar-refractivity contribution in [1.82, 2.24) is 10.3 Å². The lowest BCUT2D eigenvalue weighted by molar-refractivity contribution is 0.0984. The molecular formula is C11H9BrN2O. The second-order valence-corrected chi connectivity index (χ2v) is 4.52. The van der Waals surface area contributed by atoms with Gasteiger partial charge in [0.2, 0.25) is 0 Å². The zero-order valence-corrected chi connectivity index (χ0v) is 9.52. The van der Waals surface area contributed by atoms with Crippen LogP contribution in [0.25, 0.3) is 10.9 Å². The number of aromatic amines is 1. The number of nitrogens with one attached hydrogen (secondary N) is 2. The van der Waals surface area contributed by atoms with Crippen LogP contribution in [-0.4, -0.2) is 17.3 Å². The maximum Gasteiger partial charge on any atom is 0.179 e. The third kappa shape index (κ3) is 1.25. The van der Waals surface area contributed by atoms with Crippen molar-refractivity contribution in [2.75, 3.05) is 6.54 Å². The molecule has 1 aliphatic heterocycles. The molecule has 0 bridgehead atoms. The van der Waals surface area contributed by atoms with E-state index in [9.17, 15) is 4.79 Å². The van der Waals surface area contributed by atoms with E-state index in [0.29, 0.717) is 6.54 Å². The Morgan fingerprint density at radius 3 is 3.00 bits per heavy atom. The number of carbonyl (C=O) groups excluding carboxylic acids is 1. The van der Waals surface area contributed by atoms with Crippen molar-refractivity contribution in [3.05, 3.63) is 33.9 Å². The quantitative estimate of drug-likeness (QED) is 0.767. The van der Waals surface area contributed by atoms with Gasteiger partial charge in [-0.3, -0.25) is 4.79 Å². The lowest BCUT2D eigenvalue weighted by atomic mass is 10.0. The fourth-order valence-electron chi connectivity index (χ4n) is 2.08. The van der Waals surface area contributed by atoms with Gasteiger partial charge < -0.3 is 10.3 Å². The van der Waals surface area contributed by atoms with Crippen LogP contribution in [0.5, 0.6) is 0 Å². The molecule has 15 heavy (non-hydrogen) atoms. The number of fused-ring (bicyclic) bond motifs is 3. The number of para-hydroxylation sites is 1. The minimum absolute atomic E-state index is 0.167. The van der Waals surface area contributed by atoms with Crippen LogP contribution in [0.2, 0.25) is 0 Å². The summed E-state index contributed by atoms with van der Waals surface area (Å²) in [6.45, 7) is 1.18. The number of ketones is 1. The van der Waals surface area contributed by atoms with Crippen LogP contribution in [0.3, 0.4) is 0 Å². The van der Waals surface area contributed by atoms with Crippen LogP contribution in [0.1, 0.15) is 16.1 Å². The molecule has 2 N–H and O–H groups in total. The normalized spacial score (nSPS) is 15.7. The Morgan fingerprint density at radius 2 is 2.13 bits per heavy atom. The number of benzene rings is 1. The number of carbonyl (C=O) groups is 1. The van der Waals surface area contributed by atoms with Gasteiger partial charge in [0.05, 0.1) is 12.1 Å². The molecule has 0 radical (unpaired) electrons. The topological polar surface area (TPSA) is 44.9 Å². The first kappa shape index (κ1) is 9.12. The van der Waals surface area contributed by atoms with Crippen LogP contribution in [0, 0.1) is 0 Å². The van der Waals surface area contributed by atoms with Crippen LogP contribution < -0.4 is 5.32 Å². The maximum absolute atomic E-state index is 11.8. The minimum atomic E-state index is 0.167. The molecule has 1 aromatic carbocycles. The predicted molar refractivity (Wildman–Crippen MR) is 62.0 cm³/mol. The predicted octanol–water partition coefficient (Wildman–Crippen LogP) is 2.22. The summed E-state index contributed by atoms with van der Waals surface area (Å²) in [5.74, 6) is 0.167. The summed E-state index contributed by atoms with van der Waals surface area (Å²) in [4.78, 5) is 15.1. The molecule has 0 aliphatic carbocycles. The molecule has 0 saturated carbocycles. The average molecular weight is 265 g/mol. The molecule has 1 aromatic heterocycles. The van der Waals surface area contributed by atoms with Crippen molar-refractivity contribution in [2.45, 2.75) is 6.54 Å². The van der Waals surface area contributed by atoms with Crippen LogP contribution in [-0.2, 0) is 6.54 Å². The zero-order valence-electron chi connectivity index (χ0n) is 7.93. The van der Waals surface area contributed by atoms with Gasteiger partial charge in [-0.2, -0.15) is 0 Å². The zero-order chi connectivity index (χ0) is 10.4. The molecule has 3 nitrogen and oxygen atoms in total. The van der Waals surface area contributed by atoms with Gasteiger partial charge in [0.1, 0.15) is 0 Å². The molecule has 1 aliphatic rings. The van der Waals surface area contributed by atoms with E-state index in [1.807, 2.05) is 18.2 Å². The van der Waals surface area contributed by atoms with Gasteiger partial charge in [0, 0.05) is 27.7 Å². The third-order valence-corrected chi connectivity index (χ3v) is 3.39. The molecular weight excluding hydrogens is 256 g/mol. The Morgan fingerprint density at radius 1 is 1.27 bits per heavy atom. The first-order valence-electron chi connectivity index (χ1n) is 4.80. The van der Waals surface area contributed by atoms with Gasteiger partial charge in [-0.1, -0.05) is 12.1 Å². The van der Waals surface area contributed by atoms with E-state index in [1.54, 1.807) is 0 Å². The molecule has 0 fully saturated rings. The van der Waals surface area contributed by atoms with E-state index in [0.717, 1.165) is 33.2 Å². The molecule has 76 valence electrons. The minimum Gasteiger partial charge on any atom is -0.356 e. The summed E-state index contributed by atoms with van der Waals surface area (Å²) in [5.41, 5.74) is 2.86. The van der Waals surface area contributed by atoms with Crippen molar-refractivity contribution >= 4 is 32.6 Å². The number of rotatable bonds is 0. The maximum atomic E-state index is 11.8. The van der Waals surface area contributed by atoms with Crippen molar-refractivity contribution < 1.29 is 4.79 Å². The lowest BCUT2D eigenvalue weighted by Crippen LogP contribution is -2.29. The van der Waals surface area contributed by atoms with Gasteiger partial charge in [-0.25, -0.2) is 0 Å². The Hall–Kier alpha value is -1.13. The van der Waals surface area contributed by atoms with E-state index in [2.05, 4.69) is 26.2 Å². The lowest BCUT2D eigenvalue weighted by Gasteiger charge is -2.11. The number of hydrogen-bond donors (Lipinski definition) is 2. The highest BCUT2D eigenvalue weighted by Crippen LogP contribution is 2.29. The van der Waals surface area contributed by atoms with E-state index < -0.39 is 0 Å². The molecule has 0 spiro atoms. The van der Waals surface area contributed by atoms with Crippen molar-refractivity contribution in [1.29, 1.82) is 0 Å². The molecule has 0 atom stereocenters. The van der Waals surface area contributed by atoms with E-state index >= 15 is 0 Å². The van der Waals surface area contributed by atoms with E-state index in [-0.39, 0.29) is 5.78 Å². The standard InChI is InChI=1S/C11H9BrN2O/c12-7-3-1-2-6-10-8(14-11(6)7)4-13-5-9(10)15/h1-3,13-14H,4-5H2. The van der Waals surface area contributed by atoms with E-state index in [1.165, 1.54) is 0 Å². The molecule has 0 unspecified atom stereocenters. The number of hydrogen-bond acceptors (Lipinski definition) is 2. The number of aromatic nitrogens is 1. The molecule has 0 amide bonds.